The highest BCUT2D eigenvalue weighted by atomic mass is 35.5. The van der Waals surface area contributed by atoms with Gasteiger partial charge >= 0.3 is 12.4 Å². The molecule has 2 saturated carbocycles. The number of fused-ring (bicyclic) bond motifs is 1. The fourth-order valence-corrected chi connectivity index (χ4v) is 5.67. The van der Waals surface area contributed by atoms with Crippen molar-refractivity contribution in [1.82, 2.24) is 15.3 Å². The fourth-order valence-electron chi connectivity index (χ4n) is 5.51. The van der Waals surface area contributed by atoms with Crippen LogP contribution >= 0.6 is 11.6 Å². The molecule has 0 bridgehead atoms. The first kappa shape index (κ1) is 34.8. The molecule has 0 saturated heterocycles. The van der Waals surface area contributed by atoms with Crippen LogP contribution in [0.1, 0.15) is 53.0 Å². The van der Waals surface area contributed by atoms with Gasteiger partial charge in [-0.25, -0.2) is 18.7 Å². The van der Waals surface area contributed by atoms with Crippen LogP contribution in [0.25, 0.3) is 22.2 Å². The van der Waals surface area contributed by atoms with Gasteiger partial charge < -0.3 is 20.3 Å². The molecule has 4 aromatic rings. The van der Waals surface area contributed by atoms with Crippen molar-refractivity contribution in [2.75, 3.05) is 6.54 Å². The summed E-state index contributed by atoms with van der Waals surface area (Å²) in [6.45, 7) is 0.889. The van der Waals surface area contributed by atoms with Crippen LogP contribution in [0.4, 0.5) is 35.1 Å². The Labute approximate surface area is 277 Å². The minimum atomic E-state index is -6.48. The predicted molar refractivity (Wildman–Crippen MR) is 160 cm³/mol. The molecule has 2 aliphatic carbocycles. The molecule has 2 aromatic carbocycles. The number of benzene rings is 2. The van der Waals surface area contributed by atoms with Crippen LogP contribution in [0.3, 0.4) is 0 Å². The van der Waals surface area contributed by atoms with E-state index in [1.807, 2.05) is 0 Å². The van der Waals surface area contributed by atoms with E-state index in [0.717, 1.165) is 37.1 Å². The number of pyridine rings is 2. The summed E-state index contributed by atoms with van der Waals surface area (Å²) < 4.78 is 119. The van der Waals surface area contributed by atoms with Gasteiger partial charge in [-0.15, -0.1) is 0 Å². The normalized spacial score (nSPS) is 16.8. The van der Waals surface area contributed by atoms with Crippen LogP contribution in [-0.2, 0) is 11.2 Å². The Bertz CT molecular complexity index is 1930. The lowest BCUT2D eigenvalue weighted by Gasteiger charge is -2.35. The summed E-state index contributed by atoms with van der Waals surface area (Å²) in [6.07, 6.45) is -11.1. The Balaban J connectivity index is 1.43. The summed E-state index contributed by atoms with van der Waals surface area (Å²) in [6, 6.07) is 7.66. The standard InChI is InChI=1S/C33H26ClF8N3O4/c1-15-23(34)11-17-10-18(12-24(27(17)44-15)49-21-8-9-21)29(46)43-14-30(47,19-4-5-19)25-13-22(31(48,32(37,38)39)33(40,41)42)26(36)28(45-25)16-2-6-20(35)7-3-16/h2-3,6-7,10-13,19,21,47-48H,4-5,8-9,14H2,1H3,(H,43,46)/t30-/m1/s1. The number of alkyl halides is 6. The number of amides is 1. The Morgan fingerprint density at radius 3 is 2.14 bits per heavy atom. The van der Waals surface area contributed by atoms with Crippen LogP contribution < -0.4 is 10.1 Å². The number of aryl methyl sites for hydroxylation is 1. The Morgan fingerprint density at radius 2 is 1.57 bits per heavy atom. The Kier molecular flexibility index (Phi) is 8.56. The van der Waals surface area contributed by atoms with Crippen molar-refractivity contribution in [3.63, 3.8) is 0 Å². The zero-order valence-electron chi connectivity index (χ0n) is 25.3. The van der Waals surface area contributed by atoms with Gasteiger partial charge in [0.05, 0.1) is 29.1 Å². The van der Waals surface area contributed by atoms with Crippen LogP contribution in [0, 0.1) is 24.5 Å². The molecular formula is C33H26ClF8N3O4. The van der Waals surface area contributed by atoms with E-state index in [1.54, 1.807) is 13.0 Å². The number of nitrogens with zero attached hydrogens (tertiary/aromatic N) is 2. The van der Waals surface area contributed by atoms with Gasteiger partial charge in [-0.1, -0.05) is 11.6 Å². The molecule has 2 fully saturated rings. The molecule has 3 N–H and O–H groups in total. The topological polar surface area (TPSA) is 105 Å². The molecule has 2 aliphatic rings. The largest absolute Gasteiger partial charge is 0.488 e. The van der Waals surface area contributed by atoms with Crippen LogP contribution in [0.15, 0.2) is 48.5 Å². The van der Waals surface area contributed by atoms with E-state index < -0.39 is 76.1 Å². The monoisotopic (exact) mass is 715 g/mol. The lowest BCUT2D eigenvalue weighted by atomic mass is 9.85. The quantitative estimate of drug-likeness (QED) is 0.156. The van der Waals surface area contributed by atoms with Crippen LogP contribution in [0.5, 0.6) is 5.75 Å². The molecule has 49 heavy (non-hydrogen) atoms. The molecular weight excluding hydrogens is 690 g/mol. The lowest BCUT2D eigenvalue weighted by Crippen LogP contribution is -2.55. The number of carbonyl (C=O) groups is 1. The summed E-state index contributed by atoms with van der Waals surface area (Å²) in [7, 11) is 0. The van der Waals surface area contributed by atoms with E-state index in [2.05, 4.69) is 15.3 Å². The highest BCUT2D eigenvalue weighted by Gasteiger charge is 2.72. The first-order valence-corrected chi connectivity index (χ1v) is 15.3. The maximum atomic E-state index is 15.8. The SMILES string of the molecule is Cc1nc2c(OC3CC3)cc(C(=O)NC[C@](O)(c3cc(C(O)(C(F)(F)F)C(F)(F)F)c(F)c(-c4ccc(F)cc4)n3)C3CC3)cc2cc1Cl. The van der Waals surface area contributed by atoms with E-state index in [-0.39, 0.29) is 36.3 Å². The molecule has 16 heteroatoms. The van der Waals surface area contributed by atoms with E-state index in [1.165, 1.54) is 12.1 Å². The van der Waals surface area contributed by atoms with Gasteiger partial charge in [0.1, 0.15) is 28.4 Å². The van der Waals surface area contributed by atoms with Crippen molar-refractivity contribution < 1.29 is 54.9 Å². The van der Waals surface area contributed by atoms with Crippen molar-refractivity contribution in [3.05, 3.63) is 87.7 Å². The second kappa shape index (κ2) is 12.1. The van der Waals surface area contributed by atoms with E-state index in [0.29, 0.717) is 21.6 Å². The molecule has 7 nitrogen and oxygen atoms in total. The molecule has 260 valence electrons. The predicted octanol–water partition coefficient (Wildman–Crippen LogP) is 7.42. The molecule has 1 atom stereocenters. The number of rotatable bonds is 9. The highest BCUT2D eigenvalue weighted by molar-refractivity contribution is 6.31. The van der Waals surface area contributed by atoms with Crippen molar-refractivity contribution in [1.29, 1.82) is 0 Å². The number of aliphatic hydroxyl groups is 2. The summed E-state index contributed by atoms with van der Waals surface area (Å²) in [4.78, 5) is 21.9. The maximum Gasteiger partial charge on any atom is 0.430 e. The second-order valence-electron chi connectivity index (χ2n) is 12.2. The molecule has 6 rings (SSSR count). The average Bonchev–Trinajstić information content (AvgIpc) is 3.95. The zero-order valence-corrected chi connectivity index (χ0v) is 26.1. The first-order valence-electron chi connectivity index (χ1n) is 14.9. The molecule has 0 aliphatic heterocycles. The first-order chi connectivity index (χ1) is 22.8. The molecule has 0 unspecified atom stereocenters. The van der Waals surface area contributed by atoms with Crippen LogP contribution in [-0.4, -0.2) is 51.1 Å². The second-order valence-corrected chi connectivity index (χ2v) is 12.6. The summed E-state index contributed by atoms with van der Waals surface area (Å²) >= 11 is 6.25. The Hall–Kier alpha value is -4.08. The molecule has 2 heterocycles. The fraction of sp³-hybridized carbons (Fsp3) is 0.364. The number of hydrogen-bond donors (Lipinski definition) is 3. The summed E-state index contributed by atoms with van der Waals surface area (Å²) in [5, 5.41) is 25.3. The van der Waals surface area contributed by atoms with Gasteiger partial charge in [0.2, 0.25) is 0 Å². The lowest BCUT2D eigenvalue weighted by molar-refractivity contribution is -0.377. The number of halogens is 9. The third-order valence-corrected chi connectivity index (χ3v) is 8.97. The van der Waals surface area contributed by atoms with Crippen molar-refractivity contribution in [2.24, 2.45) is 5.92 Å². The van der Waals surface area contributed by atoms with Gasteiger partial charge in [-0.05, 0) is 87.1 Å². The Morgan fingerprint density at radius 1 is 0.939 bits per heavy atom. The average molecular weight is 716 g/mol. The summed E-state index contributed by atoms with van der Waals surface area (Å²) in [5.41, 5.74) is -12.0. The molecule has 0 spiro atoms. The molecule has 1 amide bonds. The smallest absolute Gasteiger partial charge is 0.430 e. The van der Waals surface area contributed by atoms with Crippen LogP contribution in [0.2, 0.25) is 5.02 Å². The highest BCUT2D eigenvalue weighted by Crippen LogP contribution is 2.53. The zero-order chi connectivity index (χ0) is 35.7. The van der Waals surface area contributed by atoms with Gasteiger partial charge in [0, 0.05) is 22.1 Å². The van der Waals surface area contributed by atoms with Gasteiger partial charge in [0.25, 0.3) is 11.5 Å². The number of ether oxygens (including phenoxy) is 1. The number of nitrogens with one attached hydrogen (secondary N) is 1. The van der Waals surface area contributed by atoms with Gasteiger partial charge in [-0.3, -0.25) is 4.79 Å². The minimum absolute atomic E-state index is 0.00141. The van der Waals surface area contributed by atoms with Crippen molar-refractivity contribution >= 4 is 28.4 Å². The molecule has 0 radical (unpaired) electrons. The van der Waals surface area contributed by atoms with Crippen molar-refractivity contribution in [2.45, 2.75) is 62.3 Å². The summed E-state index contributed by atoms with van der Waals surface area (Å²) in [5.74, 6) is -4.44. The number of aromatic nitrogens is 2. The van der Waals surface area contributed by atoms with E-state index in [9.17, 15) is 45.7 Å². The third-order valence-electron chi connectivity index (χ3n) is 8.59. The molecule has 2 aromatic heterocycles. The van der Waals surface area contributed by atoms with E-state index >= 15 is 4.39 Å². The van der Waals surface area contributed by atoms with Gasteiger partial charge in [-0.2, -0.15) is 26.3 Å². The number of hydrogen-bond acceptors (Lipinski definition) is 6. The third kappa shape index (κ3) is 6.39. The maximum absolute atomic E-state index is 15.8. The van der Waals surface area contributed by atoms with E-state index in [4.69, 9.17) is 16.3 Å². The van der Waals surface area contributed by atoms with Gasteiger partial charge in [0.15, 0.2) is 5.82 Å². The van der Waals surface area contributed by atoms with Crippen molar-refractivity contribution in [3.8, 4) is 17.0 Å². The number of carbonyl (C=O) groups excluding carboxylic acids is 1. The minimum Gasteiger partial charge on any atom is -0.488 e.